The lowest BCUT2D eigenvalue weighted by Gasteiger charge is -2.35. The topological polar surface area (TPSA) is 65.1 Å². The highest BCUT2D eigenvalue weighted by atomic mass is 16.6. The zero-order valence-electron chi connectivity index (χ0n) is 11.5. The molecule has 0 amide bonds. The van der Waals surface area contributed by atoms with Crippen LogP contribution in [0.2, 0.25) is 0 Å². The summed E-state index contributed by atoms with van der Waals surface area (Å²) in [5.41, 5.74) is 0. The Kier molecular flexibility index (Phi) is 4.76. The van der Waals surface area contributed by atoms with Crippen LogP contribution in [0.3, 0.4) is 0 Å². The summed E-state index contributed by atoms with van der Waals surface area (Å²) in [5, 5.41) is 0. The molecule has 2 atom stereocenters. The minimum atomic E-state index is -0.952. The molecule has 0 aromatic heterocycles. The molecule has 2 heterocycles. The Balaban J connectivity index is 2.07. The molecule has 0 aliphatic carbocycles. The molecule has 2 saturated heterocycles. The molecule has 2 aliphatic rings. The van der Waals surface area contributed by atoms with E-state index < -0.39 is 18.0 Å². The van der Waals surface area contributed by atoms with Gasteiger partial charge in [0.15, 0.2) is 0 Å². The zero-order valence-corrected chi connectivity index (χ0v) is 11.5. The fourth-order valence-corrected chi connectivity index (χ4v) is 2.69. The fraction of sp³-hybridized carbons (Fsp3) is 0.846. The van der Waals surface area contributed by atoms with E-state index >= 15 is 0 Å². The Labute approximate surface area is 113 Å². The second-order valence-electron chi connectivity index (χ2n) is 4.82. The van der Waals surface area contributed by atoms with Crippen LogP contribution in [-0.2, 0) is 23.8 Å². The Morgan fingerprint density at radius 2 is 1.58 bits per heavy atom. The van der Waals surface area contributed by atoms with Crippen molar-refractivity contribution in [3.63, 3.8) is 0 Å². The second-order valence-corrected chi connectivity index (χ2v) is 4.82. The van der Waals surface area contributed by atoms with Crippen molar-refractivity contribution in [1.29, 1.82) is 0 Å². The summed E-state index contributed by atoms with van der Waals surface area (Å²) in [7, 11) is 0. The molecule has 0 radical (unpaired) electrons. The monoisotopic (exact) mass is 271 g/mol. The van der Waals surface area contributed by atoms with E-state index in [1.165, 1.54) is 0 Å². The molecule has 108 valence electrons. The molecule has 0 spiro atoms. The lowest BCUT2D eigenvalue weighted by atomic mass is 10.2. The molecule has 2 aliphatic heterocycles. The minimum absolute atomic E-state index is 0.116. The van der Waals surface area contributed by atoms with Crippen LogP contribution in [0, 0.1) is 0 Å². The third-order valence-electron chi connectivity index (χ3n) is 3.46. The van der Waals surface area contributed by atoms with Crippen LogP contribution in [0.5, 0.6) is 0 Å². The first-order valence-corrected chi connectivity index (χ1v) is 6.88. The number of fused-ring (bicyclic) bond motifs is 2. The maximum atomic E-state index is 12.0. The maximum Gasteiger partial charge on any atom is 0.335 e. The van der Waals surface area contributed by atoms with Gasteiger partial charge in [0, 0.05) is 13.1 Å². The van der Waals surface area contributed by atoms with Crippen molar-refractivity contribution < 1.29 is 23.8 Å². The Morgan fingerprint density at radius 3 is 2.00 bits per heavy atom. The quantitative estimate of drug-likeness (QED) is 0.531. The second kappa shape index (κ2) is 6.34. The number of carbonyl (C=O) groups excluding carboxylic acids is 2. The van der Waals surface area contributed by atoms with Gasteiger partial charge >= 0.3 is 11.9 Å². The van der Waals surface area contributed by atoms with Gasteiger partial charge in [-0.05, 0) is 26.7 Å². The highest BCUT2D eigenvalue weighted by Crippen LogP contribution is 2.27. The predicted molar refractivity (Wildman–Crippen MR) is 66.5 cm³/mol. The van der Waals surface area contributed by atoms with Crippen LogP contribution in [-0.4, -0.2) is 61.4 Å². The maximum absolute atomic E-state index is 12.0. The van der Waals surface area contributed by atoms with Gasteiger partial charge < -0.3 is 14.2 Å². The molecule has 0 N–H and O–H groups in total. The van der Waals surface area contributed by atoms with Crippen molar-refractivity contribution in [1.82, 2.24) is 4.90 Å². The normalized spacial score (nSPS) is 26.5. The van der Waals surface area contributed by atoms with E-state index in [0.29, 0.717) is 13.1 Å². The fourth-order valence-electron chi connectivity index (χ4n) is 2.69. The third-order valence-corrected chi connectivity index (χ3v) is 3.46. The molecule has 0 aromatic rings. The number of carbonyl (C=O) groups is 2. The van der Waals surface area contributed by atoms with Crippen LogP contribution >= 0.6 is 0 Å². The molecule has 2 unspecified atom stereocenters. The van der Waals surface area contributed by atoms with Crippen molar-refractivity contribution in [3.8, 4) is 0 Å². The summed E-state index contributed by atoms with van der Waals surface area (Å²) < 4.78 is 15.7. The smallest absolute Gasteiger partial charge is 0.335 e. The SMILES string of the molecule is CCOC(=O)C(C(=O)OCC)N1CC2CCC(C1)O2. The van der Waals surface area contributed by atoms with Gasteiger partial charge in [0.1, 0.15) is 0 Å². The molecule has 19 heavy (non-hydrogen) atoms. The van der Waals surface area contributed by atoms with Gasteiger partial charge in [-0.2, -0.15) is 0 Å². The Morgan fingerprint density at radius 1 is 1.11 bits per heavy atom. The average Bonchev–Trinajstić information content (AvgIpc) is 2.69. The third kappa shape index (κ3) is 3.25. The van der Waals surface area contributed by atoms with Crippen molar-refractivity contribution in [2.75, 3.05) is 26.3 Å². The highest BCUT2D eigenvalue weighted by Gasteiger charge is 2.43. The first kappa shape index (κ1) is 14.3. The van der Waals surface area contributed by atoms with Crippen LogP contribution in [0.1, 0.15) is 26.7 Å². The number of rotatable bonds is 5. The first-order chi connectivity index (χ1) is 9.15. The number of morpholine rings is 1. The van der Waals surface area contributed by atoms with Crippen LogP contribution in [0.4, 0.5) is 0 Å². The number of nitrogens with zero attached hydrogens (tertiary/aromatic N) is 1. The summed E-state index contributed by atoms with van der Waals surface area (Å²) >= 11 is 0. The van der Waals surface area contributed by atoms with Crippen LogP contribution in [0.25, 0.3) is 0 Å². The van der Waals surface area contributed by atoms with E-state index in [9.17, 15) is 9.59 Å². The van der Waals surface area contributed by atoms with Gasteiger partial charge in [-0.3, -0.25) is 4.90 Å². The molecule has 6 nitrogen and oxygen atoms in total. The molecule has 2 fully saturated rings. The lowest BCUT2D eigenvalue weighted by Crippen LogP contribution is -2.55. The van der Waals surface area contributed by atoms with Gasteiger partial charge in [-0.1, -0.05) is 0 Å². The number of hydrogen-bond acceptors (Lipinski definition) is 6. The molecule has 2 rings (SSSR count). The number of likely N-dealkylation sites (tertiary alicyclic amines) is 1. The van der Waals surface area contributed by atoms with E-state index in [-0.39, 0.29) is 25.4 Å². The van der Waals surface area contributed by atoms with Crippen molar-refractivity contribution in [3.05, 3.63) is 0 Å². The van der Waals surface area contributed by atoms with Crippen LogP contribution in [0.15, 0.2) is 0 Å². The summed E-state index contributed by atoms with van der Waals surface area (Å²) in [6.45, 7) is 5.13. The molecule has 0 aromatic carbocycles. The number of ether oxygens (including phenoxy) is 3. The van der Waals surface area contributed by atoms with E-state index in [2.05, 4.69) is 0 Å². The molecular weight excluding hydrogens is 250 g/mol. The predicted octanol–water partition coefficient (Wildman–Crippen LogP) is 0.344. The van der Waals surface area contributed by atoms with Crippen molar-refractivity contribution >= 4 is 11.9 Å². The Bertz CT molecular complexity index is 316. The van der Waals surface area contributed by atoms with Gasteiger partial charge in [0.2, 0.25) is 6.04 Å². The van der Waals surface area contributed by atoms with E-state index in [4.69, 9.17) is 14.2 Å². The van der Waals surface area contributed by atoms with E-state index in [0.717, 1.165) is 12.8 Å². The largest absolute Gasteiger partial charge is 0.464 e. The molecule has 2 bridgehead atoms. The van der Waals surface area contributed by atoms with Gasteiger partial charge in [0.05, 0.1) is 25.4 Å². The zero-order chi connectivity index (χ0) is 13.8. The Hall–Kier alpha value is -1.14. The summed E-state index contributed by atoms with van der Waals surface area (Å²) in [6.07, 6.45) is 2.20. The first-order valence-electron chi connectivity index (χ1n) is 6.88. The number of hydrogen-bond donors (Lipinski definition) is 0. The van der Waals surface area contributed by atoms with E-state index in [1.807, 2.05) is 4.90 Å². The summed E-state index contributed by atoms with van der Waals surface area (Å²) in [5.74, 6) is -1.05. The molecule has 6 heteroatoms. The lowest BCUT2D eigenvalue weighted by molar-refractivity contribution is -0.167. The molecule has 0 saturated carbocycles. The van der Waals surface area contributed by atoms with Crippen molar-refractivity contribution in [2.45, 2.75) is 44.9 Å². The van der Waals surface area contributed by atoms with Gasteiger partial charge in [0.25, 0.3) is 0 Å². The van der Waals surface area contributed by atoms with Crippen molar-refractivity contribution in [2.24, 2.45) is 0 Å². The summed E-state index contributed by atoms with van der Waals surface area (Å²) in [4.78, 5) is 25.8. The number of esters is 2. The molecular formula is C13H21NO5. The van der Waals surface area contributed by atoms with E-state index in [1.54, 1.807) is 13.8 Å². The minimum Gasteiger partial charge on any atom is -0.464 e. The summed E-state index contributed by atoms with van der Waals surface area (Å²) in [6, 6.07) is -0.952. The van der Waals surface area contributed by atoms with Gasteiger partial charge in [-0.15, -0.1) is 0 Å². The standard InChI is InChI=1S/C13H21NO5/c1-3-17-12(15)11(13(16)18-4-2)14-7-9-5-6-10(8-14)19-9/h9-11H,3-8H2,1-2H3. The average molecular weight is 271 g/mol. The highest BCUT2D eigenvalue weighted by molar-refractivity contribution is 5.99. The van der Waals surface area contributed by atoms with Gasteiger partial charge in [-0.25, -0.2) is 9.59 Å². The van der Waals surface area contributed by atoms with Crippen LogP contribution < -0.4 is 0 Å².